The van der Waals surface area contributed by atoms with Crippen LogP contribution in [0.3, 0.4) is 0 Å². The summed E-state index contributed by atoms with van der Waals surface area (Å²) in [7, 11) is 0. The van der Waals surface area contributed by atoms with Crippen LogP contribution >= 0.6 is 0 Å². The van der Waals surface area contributed by atoms with E-state index < -0.39 is 0 Å². The van der Waals surface area contributed by atoms with Crippen LogP contribution in [-0.2, 0) is 4.79 Å². The van der Waals surface area contributed by atoms with Gasteiger partial charge in [0.1, 0.15) is 11.6 Å². The van der Waals surface area contributed by atoms with E-state index in [1.54, 1.807) is 12.1 Å². The van der Waals surface area contributed by atoms with Gasteiger partial charge in [0, 0.05) is 37.6 Å². The predicted octanol–water partition coefficient (Wildman–Crippen LogP) is 2.99. The maximum Gasteiger partial charge on any atom is 0.241 e. The number of hydrogen-bond acceptors (Lipinski definition) is 4. The number of rotatable bonds is 6. The molecule has 138 valence electrons. The largest absolute Gasteiger partial charge is 0.494 e. The molecule has 0 aromatic heterocycles. The standard InChI is InChI=1S/C20H24FN3O2/c1-2-26-19-9-5-17(6-10-19)22-15-20(25)24-13-11-23(12-14-24)18-7-3-16(21)4-8-18/h3-10,22H,2,11-15H2,1H3. The summed E-state index contributed by atoms with van der Waals surface area (Å²) < 4.78 is 18.4. The highest BCUT2D eigenvalue weighted by Gasteiger charge is 2.21. The van der Waals surface area contributed by atoms with Crippen LogP contribution in [0.4, 0.5) is 15.8 Å². The molecular formula is C20H24FN3O2. The highest BCUT2D eigenvalue weighted by molar-refractivity contribution is 5.81. The minimum Gasteiger partial charge on any atom is -0.494 e. The van der Waals surface area contributed by atoms with Crippen molar-refractivity contribution in [2.24, 2.45) is 0 Å². The van der Waals surface area contributed by atoms with Crippen molar-refractivity contribution in [3.05, 3.63) is 54.3 Å². The molecule has 1 fully saturated rings. The molecular weight excluding hydrogens is 333 g/mol. The van der Waals surface area contributed by atoms with Gasteiger partial charge >= 0.3 is 0 Å². The third kappa shape index (κ3) is 4.65. The quantitative estimate of drug-likeness (QED) is 0.863. The fourth-order valence-corrected chi connectivity index (χ4v) is 2.99. The van der Waals surface area contributed by atoms with Crippen LogP contribution in [0.1, 0.15) is 6.92 Å². The van der Waals surface area contributed by atoms with Gasteiger partial charge in [0.25, 0.3) is 0 Å². The molecule has 1 aliphatic rings. The van der Waals surface area contributed by atoms with Gasteiger partial charge in [-0.05, 0) is 55.5 Å². The molecule has 1 aliphatic heterocycles. The van der Waals surface area contributed by atoms with Gasteiger partial charge < -0.3 is 19.9 Å². The first-order valence-electron chi connectivity index (χ1n) is 8.90. The van der Waals surface area contributed by atoms with Crippen LogP contribution in [0.2, 0.25) is 0 Å². The zero-order valence-corrected chi connectivity index (χ0v) is 15.0. The summed E-state index contributed by atoms with van der Waals surface area (Å²) in [5.41, 5.74) is 1.89. The zero-order chi connectivity index (χ0) is 18.4. The van der Waals surface area contributed by atoms with Crippen LogP contribution < -0.4 is 15.0 Å². The van der Waals surface area contributed by atoms with Crippen molar-refractivity contribution in [2.45, 2.75) is 6.92 Å². The van der Waals surface area contributed by atoms with Gasteiger partial charge in [-0.1, -0.05) is 0 Å². The summed E-state index contributed by atoms with van der Waals surface area (Å²) >= 11 is 0. The molecule has 1 amide bonds. The van der Waals surface area contributed by atoms with Crippen molar-refractivity contribution in [3.8, 4) is 5.75 Å². The van der Waals surface area contributed by atoms with Crippen molar-refractivity contribution in [2.75, 3.05) is 49.5 Å². The summed E-state index contributed by atoms with van der Waals surface area (Å²) in [5, 5.41) is 3.16. The average Bonchev–Trinajstić information content (AvgIpc) is 2.68. The molecule has 2 aromatic carbocycles. The molecule has 1 heterocycles. The topological polar surface area (TPSA) is 44.8 Å². The second kappa shape index (κ2) is 8.56. The molecule has 0 bridgehead atoms. The maximum absolute atomic E-state index is 13.0. The Bertz CT molecular complexity index is 711. The monoisotopic (exact) mass is 357 g/mol. The SMILES string of the molecule is CCOc1ccc(NCC(=O)N2CCN(c3ccc(F)cc3)CC2)cc1. The van der Waals surface area contributed by atoms with Crippen molar-refractivity contribution in [3.63, 3.8) is 0 Å². The van der Waals surface area contributed by atoms with E-state index in [9.17, 15) is 9.18 Å². The molecule has 6 heteroatoms. The highest BCUT2D eigenvalue weighted by atomic mass is 19.1. The Morgan fingerprint density at radius 2 is 1.69 bits per heavy atom. The van der Waals surface area contributed by atoms with E-state index in [-0.39, 0.29) is 18.3 Å². The number of halogens is 1. The number of anilines is 2. The first kappa shape index (κ1) is 18.0. The van der Waals surface area contributed by atoms with Gasteiger partial charge in [0.2, 0.25) is 5.91 Å². The molecule has 3 rings (SSSR count). The molecule has 1 N–H and O–H groups in total. The third-order valence-electron chi connectivity index (χ3n) is 4.43. The number of hydrogen-bond donors (Lipinski definition) is 1. The second-order valence-electron chi connectivity index (χ2n) is 6.16. The molecule has 0 saturated carbocycles. The third-order valence-corrected chi connectivity index (χ3v) is 4.43. The zero-order valence-electron chi connectivity index (χ0n) is 15.0. The molecule has 1 saturated heterocycles. The Kier molecular flexibility index (Phi) is 5.94. The maximum atomic E-state index is 13.0. The lowest BCUT2D eigenvalue weighted by atomic mass is 10.2. The van der Waals surface area contributed by atoms with Crippen LogP contribution in [0, 0.1) is 5.82 Å². The fraction of sp³-hybridized carbons (Fsp3) is 0.350. The summed E-state index contributed by atoms with van der Waals surface area (Å²) in [6, 6.07) is 14.1. The number of ether oxygens (including phenoxy) is 1. The molecule has 0 atom stereocenters. The van der Waals surface area contributed by atoms with E-state index in [1.165, 1.54) is 12.1 Å². The van der Waals surface area contributed by atoms with Crippen LogP contribution in [-0.4, -0.2) is 50.1 Å². The van der Waals surface area contributed by atoms with E-state index >= 15 is 0 Å². The van der Waals surface area contributed by atoms with Crippen molar-refractivity contribution >= 4 is 17.3 Å². The lowest BCUT2D eigenvalue weighted by molar-refractivity contribution is -0.129. The Morgan fingerprint density at radius 1 is 1.04 bits per heavy atom. The lowest BCUT2D eigenvalue weighted by Gasteiger charge is -2.36. The van der Waals surface area contributed by atoms with E-state index in [0.29, 0.717) is 19.7 Å². The Balaban J connectivity index is 1.45. The number of nitrogens with zero attached hydrogens (tertiary/aromatic N) is 2. The molecule has 0 aliphatic carbocycles. The molecule has 0 spiro atoms. The fourth-order valence-electron chi connectivity index (χ4n) is 2.99. The predicted molar refractivity (Wildman–Crippen MR) is 101 cm³/mol. The van der Waals surface area contributed by atoms with E-state index in [0.717, 1.165) is 30.2 Å². The highest BCUT2D eigenvalue weighted by Crippen LogP contribution is 2.18. The normalized spacial score (nSPS) is 14.2. The summed E-state index contributed by atoms with van der Waals surface area (Å²) in [4.78, 5) is 16.4. The van der Waals surface area contributed by atoms with Gasteiger partial charge in [-0.2, -0.15) is 0 Å². The summed E-state index contributed by atoms with van der Waals surface area (Å²) in [6.07, 6.45) is 0. The van der Waals surface area contributed by atoms with Gasteiger partial charge in [-0.3, -0.25) is 4.79 Å². The van der Waals surface area contributed by atoms with Crippen LogP contribution in [0.25, 0.3) is 0 Å². The molecule has 0 radical (unpaired) electrons. The molecule has 5 nitrogen and oxygen atoms in total. The number of carbonyl (C=O) groups is 1. The summed E-state index contributed by atoms with van der Waals surface area (Å²) in [6.45, 7) is 5.68. The Labute approximate surface area is 153 Å². The minimum absolute atomic E-state index is 0.0811. The number of nitrogens with one attached hydrogen (secondary N) is 1. The second-order valence-corrected chi connectivity index (χ2v) is 6.16. The number of piperazine rings is 1. The van der Waals surface area contributed by atoms with Crippen molar-refractivity contribution in [1.29, 1.82) is 0 Å². The molecule has 2 aromatic rings. The van der Waals surface area contributed by atoms with E-state index in [1.807, 2.05) is 36.1 Å². The van der Waals surface area contributed by atoms with E-state index in [4.69, 9.17) is 4.74 Å². The number of amides is 1. The Morgan fingerprint density at radius 3 is 2.31 bits per heavy atom. The van der Waals surface area contributed by atoms with Crippen LogP contribution in [0.5, 0.6) is 5.75 Å². The molecule has 26 heavy (non-hydrogen) atoms. The van der Waals surface area contributed by atoms with E-state index in [2.05, 4.69) is 10.2 Å². The van der Waals surface area contributed by atoms with Crippen LogP contribution in [0.15, 0.2) is 48.5 Å². The van der Waals surface area contributed by atoms with Gasteiger partial charge in [0.05, 0.1) is 13.2 Å². The minimum atomic E-state index is -0.233. The number of carbonyl (C=O) groups excluding carboxylic acids is 1. The lowest BCUT2D eigenvalue weighted by Crippen LogP contribution is -2.50. The number of benzene rings is 2. The molecule has 0 unspecified atom stereocenters. The van der Waals surface area contributed by atoms with Crippen molar-refractivity contribution in [1.82, 2.24) is 4.90 Å². The van der Waals surface area contributed by atoms with Gasteiger partial charge in [0.15, 0.2) is 0 Å². The first-order valence-corrected chi connectivity index (χ1v) is 8.90. The first-order chi connectivity index (χ1) is 12.7. The summed E-state index contributed by atoms with van der Waals surface area (Å²) in [5.74, 6) is 0.668. The van der Waals surface area contributed by atoms with Crippen molar-refractivity contribution < 1.29 is 13.9 Å². The Hall–Kier alpha value is -2.76. The van der Waals surface area contributed by atoms with Gasteiger partial charge in [-0.15, -0.1) is 0 Å². The van der Waals surface area contributed by atoms with Gasteiger partial charge in [-0.25, -0.2) is 4.39 Å². The smallest absolute Gasteiger partial charge is 0.241 e. The average molecular weight is 357 g/mol.